The number of ether oxygens (including phenoxy) is 1. The highest BCUT2D eigenvalue weighted by Gasteiger charge is 2.22. The average Bonchev–Trinajstić information content (AvgIpc) is 3.04. The molecule has 8 heteroatoms. The predicted molar refractivity (Wildman–Crippen MR) is 174 cm³/mol. The minimum Gasteiger partial charge on any atom is -0.469 e. The molecule has 2 heterocycles. The van der Waals surface area contributed by atoms with Crippen molar-refractivity contribution in [2.45, 2.75) is 31.2 Å². The van der Waals surface area contributed by atoms with E-state index in [2.05, 4.69) is 74.8 Å². The Morgan fingerprint density at radius 2 is 1.47 bits per heavy atom. The van der Waals surface area contributed by atoms with Crippen molar-refractivity contribution in [1.82, 2.24) is 9.97 Å². The lowest BCUT2D eigenvalue weighted by Crippen LogP contribution is -2.39. The van der Waals surface area contributed by atoms with Gasteiger partial charge in [0.25, 0.3) is 0 Å². The van der Waals surface area contributed by atoms with Gasteiger partial charge >= 0.3 is 5.97 Å². The van der Waals surface area contributed by atoms with Crippen LogP contribution in [-0.2, 0) is 16.0 Å². The van der Waals surface area contributed by atoms with Crippen LogP contribution in [0.1, 0.15) is 41.0 Å². The molecule has 1 aliphatic rings. The van der Waals surface area contributed by atoms with E-state index in [0.717, 1.165) is 64.9 Å². The number of piperidine rings is 1. The van der Waals surface area contributed by atoms with Gasteiger partial charge in [0.05, 0.1) is 19.0 Å². The number of hydrogen-bond acceptors (Lipinski definition) is 6. The molecule has 0 bridgehead atoms. The third-order valence-corrected chi connectivity index (χ3v) is 8.62. The summed E-state index contributed by atoms with van der Waals surface area (Å²) < 4.78 is 4.78. The van der Waals surface area contributed by atoms with Gasteiger partial charge in [-0.15, -0.1) is 0 Å². The van der Waals surface area contributed by atoms with Crippen molar-refractivity contribution in [2.75, 3.05) is 30.4 Å². The molecule has 0 unspecified atom stereocenters. The topological polar surface area (TPSA) is 67.3 Å². The number of hydrogen-bond donors (Lipinski definition) is 1. The first kappa shape index (κ1) is 29.0. The van der Waals surface area contributed by atoms with Gasteiger partial charge < -0.3 is 15.0 Å². The molecule has 0 saturated carbocycles. The van der Waals surface area contributed by atoms with Crippen LogP contribution in [0.5, 0.6) is 0 Å². The maximum Gasteiger partial charge on any atom is 0.309 e. The van der Waals surface area contributed by atoms with Crippen molar-refractivity contribution in [2.24, 2.45) is 0 Å². The molecule has 0 amide bonds. The van der Waals surface area contributed by atoms with Crippen molar-refractivity contribution >= 4 is 51.6 Å². The molecule has 4 aromatic carbocycles. The highest BCUT2D eigenvalue weighted by Crippen LogP contribution is 2.36. The van der Waals surface area contributed by atoms with E-state index in [1.807, 2.05) is 36.4 Å². The van der Waals surface area contributed by atoms with Crippen LogP contribution < -0.4 is 10.2 Å². The van der Waals surface area contributed by atoms with Crippen molar-refractivity contribution in [3.05, 3.63) is 130 Å². The first-order chi connectivity index (χ1) is 21.0. The number of nitrogens with one attached hydrogen (secondary N) is 1. The first-order valence-electron chi connectivity index (χ1n) is 14.4. The second kappa shape index (κ2) is 13.0. The minimum atomic E-state index is -0.227. The normalized spacial score (nSPS) is 13.8. The standard InChI is InChI=1S/C35H32Cl2N4O2/c1-43-33(42)20-23-2-13-30(14-3-23)41-18-16-29(17-19-41)40-35-31-21-26(8-15-32(31)38-22-39-35)34(24-4-9-27(36)10-5-24)25-6-11-28(37)12-7-25/h2-15,21-22,29,34H,16-20H2,1H3,(H,38,39,40). The summed E-state index contributed by atoms with van der Waals surface area (Å²) in [5.41, 5.74) is 6.44. The fourth-order valence-corrected chi connectivity index (χ4v) is 6.05. The fourth-order valence-electron chi connectivity index (χ4n) is 5.80. The SMILES string of the molecule is COC(=O)Cc1ccc(N2CCC(Nc3ncnc4ccc(C(c5ccc(Cl)cc5)c5ccc(Cl)cc5)cc34)CC2)cc1. The van der Waals surface area contributed by atoms with Crippen LogP contribution in [0.2, 0.25) is 10.0 Å². The summed E-state index contributed by atoms with van der Waals surface area (Å²) in [4.78, 5) is 23.2. The molecule has 43 heavy (non-hydrogen) atoms. The maximum atomic E-state index is 11.6. The lowest BCUT2D eigenvalue weighted by atomic mass is 9.84. The molecule has 1 saturated heterocycles. The lowest BCUT2D eigenvalue weighted by Gasteiger charge is -2.34. The van der Waals surface area contributed by atoms with Gasteiger partial charge in [-0.05, 0) is 83.6 Å². The van der Waals surface area contributed by atoms with E-state index in [-0.39, 0.29) is 18.3 Å². The van der Waals surface area contributed by atoms with E-state index >= 15 is 0 Å². The summed E-state index contributed by atoms with van der Waals surface area (Å²) in [5, 5.41) is 6.14. The molecule has 1 aliphatic heterocycles. The maximum absolute atomic E-state index is 11.6. The number of esters is 1. The monoisotopic (exact) mass is 610 g/mol. The number of anilines is 2. The van der Waals surface area contributed by atoms with Crippen LogP contribution in [0.15, 0.2) is 97.3 Å². The third-order valence-electron chi connectivity index (χ3n) is 8.11. The van der Waals surface area contributed by atoms with Gasteiger partial charge in [0, 0.05) is 46.2 Å². The van der Waals surface area contributed by atoms with E-state index in [0.29, 0.717) is 16.1 Å². The summed E-state index contributed by atoms with van der Waals surface area (Å²) in [6, 6.07) is 30.9. The van der Waals surface area contributed by atoms with Crippen LogP contribution in [0.4, 0.5) is 11.5 Å². The molecule has 5 aromatic rings. The van der Waals surface area contributed by atoms with E-state index in [1.165, 1.54) is 12.8 Å². The number of nitrogens with zero attached hydrogens (tertiary/aromatic N) is 3. The van der Waals surface area contributed by atoms with Crippen LogP contribution in [0.3, 0.4) is 0 Å². The van der Waals surface area contributed by atoms with E-state index in [4.69, 9.17) is 27.9 Å². The Morgan fingerprint density at radius 3 is 2.07 bits per heavy atom. The highest BCUT2D eigenvalue weighted by molar-refractivity contribution is 6.30. The number of benzene rings is 4. The Labute approximate surface area is 261 Å². The Balaban J connectivity index is 1.21. The number of carbonyl (C=O) groups is 1. The van der Waals surface area contributed by atoms with Crippen LogP contribution in [-0.4, -0.2) is 42.2 Å². The zero-order valence-electron chi connectivity index (χ0n) is 23.8. The summed E-state index contributed by atoms with van der Waals surface area (Å²) in [7, 11) is 1.41. The molecule has 0 radical (unpaired) electrons. The summed E-state index contributed by atoms with van der Waals surface area (Å²) >= 11 is 12.5. The van der Waals surface area contributed by atoms with Crippen LogP contribution in [0, 0.1) is 0 Å². The number of rotatable bonds is 8. The minimum absolute atomic E-state index is 0.00534. The van der Waals surface area contributed by atoms with Gasteiger partial charge in [-0.3, -0.25) is 4.79 Å². The highest BCUT2D eigenvalue weighted by atomic mass is 35.5. The molecule has 0 aliphatic carbocycles. The summed E-state index contributed by atoms with van der Waals surface area (Å²) in [5.74, 6) is 0.618. The molecule has 6 nitrogen and oxygen atoms in total. The van der Waals surface area contributed by atoms with Gasteiger partial charge in [0.1, 0.15) is 12.1 Å². The molecular formula is C35H32Cl2N4O2. The van der Waals surface area contributed by atoms with Gasteiger partial charge in [0.2, 0.25) is 0 Å². The molecule has 1 N–H and O–H groups in total. The lowest BCUT2D eigenvalue weighted by molar-refractivity contribution is -0.139. The Bertz CT molecular complexity index is 1660. The van der Waals surface area contributed by atoms with E-state index < -0.39 is 0 Å². The number of methoxy groups -OCH3 is 1. The smallest absolute Gasteiger partial charge is 0.309 e. The second-order valence-corrected chi connectivity index (χ2v) is 11.7. The number of halogens is 2. The summed E-state index contributed by atoms with van der Waals surface area (Å²) in [6.07, 6.45) is 3.88. The van der Waals surface area contributed by atoms with Crippen molar-refractivity contribution in [3.63, 3.8) is 0 Å². The quantitative estimate of drug-likeness (QED) is 0.142. The Kier molecular flexibility index (Phi) is 8.77. The zero-order chi connectivity index (χ0) is 29.8. The van der Waals surface area contributed by atoms with Crippen molar-refractivity contribution in [1.29, 1.82) is 0 Å². The van der Waals surface area contributed by atoms with Gasteiger partial charge in [-0.2, -0.15) is 0 Å². The number of fused-ring (bicyclic) bond motifs is 1. The first-order valence-corrected chi connectivity index (χ1v) is 15.2. The summed E-state index contributed by atoms with van der Waals surface area (Å²) in [6.45, 7) is 1.86. The molecule has 1 fully saturated rings. The van der Waals surface area contributed by atoms with E-state index in [1.54, 1.807) is 6.33 Å². The second-order valence-electron chi connectivity index (χ2n) is 10.9. The predicted octanol–water partition coefficient (Wildman–Crippen LogP) is 7.91. The van der Waals surface area contributed by atoms with Gasteiger partial charge in [-0.1, -0.05) is 65.7 Å². The van der Waals surface area contributed by atoms with Gasteiger partial charge in [0.15, 0.2) is 0 Å². The number of aromatic nitrogens is 2. The van der Waals surface area contributed by atoms with Crippen LogP contribution >= 0.6 is 23.2 Å². The molecular weight excluding hydrogens is 579 g/mol. The zero-order valence-corrected chi connectivity index (χ0v) is 25.4. The number of carbonyl (C=O) groups excluding carboxylic acids is 1. The van der Waals surface area contributed by atoms with E-state index in [9.17, 15) is 4.79 Å². The van der Waals surface area contributed by atoms with Crippen LogP contribution in [0.25, 0.3) is 10.9 Å². The van der Waals surface area contributed by atoms with Crippen molar-refractivity contribution in [3.8, 4) is 0 Å². The molecule has 0 spiro atoms. The Hall–Kier alpha value is -4.13. The third kappa shape index (κ3) is 6.76. The molecule has 218 valence electrons. The van der Waals surface area contributed by atoms with Crippen molar-refractivity contribution < 1.29 is 9.53 Å². The molecule has 0 atom stereocenters. The largest absolute Gasteiger partial charge is 0.469 e. The molecule has 1 aromatic heterocycles. The van der Waals surface area contributed by atoms with Gasteiger partial charge in [-0.25, -0.2) is 9.97 Å². The molecule has 6 rings (SSSR count). The Morgan fingerprint density at radius 1 is 0.860 bits per heavy atom. The average molecular weight is 612 g/mol. The fraction of sp³-hybridized carbons (Fsp3) is 0.229.